The fourth-order valence-electron chi connectivity index (χ4n) is 1.98. The highest BCUT2D eigenvalue weighted by Crippen LogP contribution is 2.32. The van der Waals surface area contributed by atoms with Gasteiger partial charge in [-0.25, -0.2) is 8.42 Å². The molecule has 0 aliphatic heterocycles. The van der Waals surface area contributed by atoms with E-state index in [1.807, 2.05) is 26.0 Å². The van der Waals surface area contributed by atoms with E-state index in [4.69, 9.17) is 10.8 Å². The Balaban J connectivity index is 3.29. The Kier molecular flexibility index (Phi) is 5.06. The van der Waals surface area contributed by atoms with Crippen LogP contribution in [0, 0.1) is 19.3 Å². The zero-order valence-electron chi connectivity index (χ0n) is 12.8. The van der Waals surface area contributed by atoms with E-state index >= 15 is 0 Å². The number of hydrogen-bond donors (Lipinski definition) is 0. The van der Waals surface area contributed by atoms with Gasteiger partial charge >= 0.3 is 0 Å². The lowest BCUT2D eigenvalue weighted by molar-refractivity contribution is 0.287. The Bertz CT molecular complexity index is 587. The van der Waals surface area contributed by atoms with Crippen LogP contribution in [0.2, 0.25) is 0 Å². The first-order chi connectivity index (χ1) is 9.15. The minimum absolute atomic E-state index is 0.0395. The number of terminal acetylenes is 1. The van der Waals surface area contributed by atoms with E-state index in [9.17, 15) is 8.42 Å². The molecular formula is C15H23NO3S. The van der Waals surface area contributed by atoms with Gasteiger partial charge in [0, 0.05) is 0 Å². The van der Waals surface area contributed by atoms with Crippen LogP contribution in [0.4, 0.5) is 0 Å². The molecule has 0 aliphatic rings. The zero-order valence-corrected chi connectivity index (χ0v) is 13.6. The summed E-state index contributed by atoms with van der Waals surface area (Å²) in [6.07, 6.45) is 5.96. The maximum Gasteiger partial charge on any atom is 0.220 e. The van der Waals surface area contributed by atoms with Gasteiger partial charge in [0.25, 0.3) is 0 Å². The molecule has 0 saturated carbocycles. The van der Waals surface area contributed by atoms with Crippen molar-refractivity contribution in [3.05, 3.63) is 23.7 Å². The summed E-state index contributed by atoms with van der Waals surface area (Å²) in [6, 6.07) is 3.27. The maximum absolute atomic E-state index is 12.7. The van der Waals surface area contributed by atoms with Gasteiger partial charge in [0.1, 0.15) is 11.5 Å². The van der Waals surface area contributed by atoms with Crippen molar-refractivity contribution in [2.24, 2.45) is 0 Å². The lowest BCUT2D eigenvalue weighted by Crippen LogP contribution is -2.44. The third-order valence-corrected chi connectivity index (χ3v) is 5.70. The topological polar surface area (TPSA) is 50.5 Å². The molecule has 1 rings (SSSR count). The van der Waals surface area contributed by atoms with Gasteiger partial charge in [0.15, 0.2) is 0 Å². The Morgan fingerprint density at radius 2 is 2.00 bits per heavy atom. The molecule has 1 atom stereocenters. The van der Waals surface area contributed by atoms with Crippen LogP contribution in [0.15, 0.2) is 16.5 Å². The average Bonchev–Trinajstić information content (AvgIpc) is 2.74. The van der Waals surface area contributed by atoms with Crippen molar-refractivity contribution in [2.45, 2.75) is 51.8 Å². The molecule has 4 nitrogen and oxygen atoms in total. The number of rotatable bonds is 5. The number of sulfonamides is 1. The molecule has 0 aromatic carbocycles. The van der Waals surface area contributed by atoms with E-state index in [2.05, 4.69) is 5.92 Å². The van der Waals surface area contributed by atoms with Crippen LogP contribution in [-0.4, -0.2) is 24.0 Å². The summed E-state index contributed by atoms with van der Waals surface area (Å²) in [4.78, 5) is 0. The Morgan fingerprint density at radius 3 is 2.35 bits per heavy atom. The molecule has 5 heteroatoms. The lowest BCUT2D eigenvalue weighted by atomic mass is 10.2. The predicted molar refractivity (Wildman–Crippen MR) is 80.7 cm³/mol. The molecule has 0 unspecified atom stereocenters. The van der Waals surface area contributed by atoms with E-state index < -0.39 is 14.8 Å². The highest BCUT2D eigenvalue weighted by molar-refractivity contribution is 7.90. The van der Waals surface area contributed by atoms with Crippen molar-refractivity contribution in [3.8, 4) is 12.3 Å². The molecule has 0 spiro atoms. The molecular weight excluding hydrogens is 274 g/mol. The van der Waals surface area contributed by atoms with Crippen molar-refractivity contribution in [2.75, 3.05) is 6.54 Å². The summed E-state index contributed by atoms with van der Waals surface area (Å²) in [6.45, 7) is 8.81. The minimum Gasteiger partial charge on any atom is -0.465 e. The van der Waals surface area contributed by atoms with Crippen LogP contribution in [0.1, 0.15) is 51.7 Å². The number of nitrogens with zero attached hydrogens (tertiary/aromatic N) is 1. The van der Waals surface area contributed by atoms with E-state index in [0.717, 1.165) is 5.76 Å². The molecule has 0 radical (unpaired) electrons. The van der Waals surface area contributed by atoms with Crippen molar-refractivity contribution in [3.63, 3.8) is 0 Å². The molecule has 1 aromatic heterocycles. The molecule has 0 amide bonds. The zero-order chi connectivity index (χ0) is 15.6. The molecule has 0 aliphatic carbocycles. The molecule has 0 saturated heterocycles. The number of hydrogen-bond acceptors (Lipinski definition) is 3. The van der Waals surface area contributed by atoms with E-state index in [0.29, 0.717) is 12.2 Å². The van der Waals surface area contributed by atoms with Gasteiger partial charge in [-0.3, -0.25) is 0 Å². The summed E-state index contributed by atoms with van der Waals surface area (Å²) in [5.41, 5.74) is 0. The second-order valence-corrected chi connectivity index (χ2v) is 8.38. The van der Waals surface area contributed by atoms with Crippen LogP contribution in [0.3, 0.4) is 0 Å². The summed E-state index contributed by atoms with van der Waals surface area (Å²) in [7, 11) is -3.52. The molecule has 0 fully saturated rings. The van der Waals surface area contributed by atoms with Gasteiger partial charge < -0.3 is 4.42 Å². The standard InChI is InChI=1S/C15H23NO3S/c1-7-11-16(20(17,18)15(4,5)6)13(8-2)14-10-9-12(3)19-14/h1,9-10,13H,8,11H2,2-6H3/t13-/m0/s1. The molecule has 1 heterocycles. The Labute approximate surface area is 122 Å². The first-order valence-corrected chi connectivity index (χ1v) is 8.10. The van der Waals surface area contributed by atoms with Gasteiger partial charge in [0.2, 0.25) is 10.0 Å². The van der Waals surface area contributed by atoms with Gasteiger partial charge in [0.05, 0.1) is 17.3 Å². The second kappa shape index (κ2) is 6.02. The molecule has 1 aromatic rings. The van der Waals surface area contributed by atoms with E-state index in [1.165, 1.54) is 4.31 Å². The molecule has 0 bridgehead atoms. The second-order valence-electron chi connectivity index (χ2n) is 5.74. The molecule has 112 valence electrons. The third-order valence-electron chi connectivity index (χ3n) is 3.15. The first kappa shape index (κ1) is 16.8. The number of aryl methyl sites for hydroxylation is 1. The summed E-state index contributed by atoms with van der Waals surface area (Å²) in [5, 5.41) is 0. The highest BCUT2D eigenvalue weighted by Gasteiger charge is 2.39. The maximum atomic E-state index is 12.7. The van der Waals surface area contributed by atoms with Gasteiger partial charge in [-0.15, -0.1) is 6.42 Å². The van der Waals surface area contributed by atoms with Crippen molar-refractivity contribution >= 4 is 10.0 Å². The molecule has 0 N–H and O–H groups in total. The van der Waals surface area contributed by atoms with Gasteiger partial charge in [-0.2, -0.15) is 4.31 Å². The SMILES string of the molecule is C#CCN([C@@H](CC)c1ccc(C)o1)S(=O)(=O)C(C)(C)C. The summed E-state index contributed by atoms with van der Waals surface area (Å²) in [5.74, 6) is 3.83. The van der Waals surface area contributed by atoms with Crippen LogP contribution >= 0.6 is 0 Å². The van der Waals surface area contributed by atoms with Crippen molar-refractivity contribution in [1.82, 2.24) is 4.31 Å². The first-order valence-electron chi connectivity index (χ1n) is 6.66. The predicted octanol–water partition coefficient (Wildman–Crippen LogP) is 3.10. The normalized spacial score (nSPS) is 14.2. The highest BCUT2D eigenvalue weighted by atomic mass is 32.2. The van der Waals surface area contributed by atoms with Gasteiger partial charge in [-0.1, -0.05) is 12.8 Å². The number of furan rings is 1. The van der Waals surface area contributed by atoms with Crippen LogP contribution in [-0.2, 0) is 10.0 Å². The third kappa shape index (κ3) is 3.25. The lowest BCUT2D eigenvalue weighted by Gasteiger charge is -2.33. The fourth-order valence-corrected chi connectivity index (χ4v) is 3.52. The van der Waals surface area contributed by atoms with E-state index in [1.54, 1.807) is 20.8 Å². The van der Waals surface area contributed by atoms with Crippen LogP contribution in [0.25, 0.3) is 0 Å². The average molecular weight is 297 g/mol. The molecule has 20 heavy (non-hydrogen) atoms. The van der Waals surface area contributed by atoms with Crippen LogP contribution in [0.5, 0.6) is 0 Å². The Morgan fingerprint density at radius 1 is 1.40 bits per heavy atom. The summed E-state index contributed by atoms with van der Waals surface area (Å²) < 4.78 is 31.5. The van der Waals surface area contributed by atoms with Crippen LogP contribution < -0.4 is 0 Å². The van der Waals surface area contributed by atoms with E-state index in [-0.39, 0.29) is 12.6 Å². The van der Waals surface area contributed by atoms with Crippen molar-refractivity contribution < 1.29 is 12.8 Å². The Hall–Kier alpha value is -1.25. The van der Waals surface area contributed by atoms with Gasteiger partial charge in [-0.05, 0) is 46.2 Å². The smallest absolute Gasteiger partial charge is 0.220 e. The fraction of sp³-hybridized carbons (Fsp3) is 0.600. The largest absolute Gasteiger partial charge is 0.465 e. The van der Waals surface area contributed by atoms with Crippen molar-refractivity contribution in [1.29, 1.82) is 0 Å². The summed E-state index contributed by atoms with van der Waals surface area (Å²) >= 11 is 0. The monoisotopic (exact) mass is 297 g/mol. The quantitative estimate of drug-likeness (QED) is 0.785. The minimum atomic E-state index is -3.52.